The highest BCUT2D eigenvalue weighted by atomic mass is 32.2. The maximum absolute atomic E-state index is 13.0. The van der Waals surface area contributed by atoms with Crippen molar-refractivity contribution in [2.24, 2.45) is 5.92 Å². The standard InChI is InChI=1S/C18H21N3O3S2/c22-18(20-11-13-9-19-10-13)14-2-1-3-16(8-14)26(23,24)21-6-4-17-15(12-21)5-7-25-17/h1-3,5,7-8,13,19H,4,6,9-12H2,(H,20,22). The van der Waals surface area contributed by atoms with Gasteiger partial charge in [-0.15, -0.1) is 11.3 Å². The quantitative estimate of drug-likeness (QED) is 0.809. The Bertz CT molecular complexity index is 919. The third kappa shape index (κ3) is 3.42. The number of nitrogens with one attached hydrogen (secondary N) is 2. The lowest BCUT2D eigenvalue weighted by Crippen LogP contribution is -2.48. The molecule has 26 heavy (non-hydrogen) atoms. The molecule has 1 amide bonds. The molecule has 2 N–H and O–H groups in total. The lowest BCUT2D eigenvalue weighted by atomic mass is 10.0. The highest BCUT2D eigenvalue weighted by Gasteiger charge is 2.29. The van der Waals surface area contributed by atoms with Gasteiger partial charge in [0.1, 0.15) is 0 Å². The molecule has 1 saturated heterocycles. The molecule has 1 aromatic carbocycles. The number of nitrogens with zero attached hydrogens (tertiary/aromatic N) is 1. The molecule has 0 bridgehead atoms. The predicted octanol–water partition coefficient (Wildman–Crippen LogP) is 1.44. The third-order valence-corrected chi connectivity index (χ3v) is 7.79. The first-order valence-electron chi connectivity index (χ1n) is 8.68. The summed E-state index contributed by atoms with van der Waals surface area (Å²) in [5.41, 5.74) is 1.46. The van der Waals surface area contributed by atoms with Gasteiger partial charge in [0.05, 0.1) is 4.90 Å². The summed E-state index contributed by atoms with van der Waals surface area (Å²) in [5, 5.41) is 8.05. The molecular weight excluding hydrogens is 370 g/mol. The second kappa shape index (κ2) is 7.11. The summed E-state index contributed by atoms with van der Waals surface area (Å²) in [6.07, 6.45) is 0.738. The number of carbonyl (C=O) groups excluding carboxylic acids is 1. The van der Waals surface area contributed by atoms with E-state index in [0.717, 1.165) is 25.1 Å². The molecule has 6 nitrogen and oxygen atoms in total. The molecule has 2 aromatic rings. The van der Waals surface area contributed by atoms with Crippen LogP contribution in [-0.4, -0.2) is 44.8 Å². The molecular formula is C18H21N3O3S2. The fourth-order valence-electron chi connectivity index (χ4n) is 3.21. The Balaban J connectivity index is 1.50. The zero-order valence-corrected chi connectivity index (χ0v) is 15.9. The van der Waals surface area contributed by atoms with E-state index in [1.807, 2.05) is 11.4 Å². The van der Waals surface area contributed by atoms with E-state index in [1.165, 1.54) is 15.2 Å². The monoisotopic (exact) mass is 391 g/mol. The number of rotatable bonds is 5. The number of hydrogen-bond donors (Lipinski definition) is 2. The first-order chi connectivity index (χ1) is 12.5. The molecule has 1 aromatic heterocycles. The molecule has 4 rings (SSSR count). The van der Waals surface area contributed by atoms with Crippen LogP contribution in [0.3, 0.4) is 0 Å². The first kappa shape index (κ1) is 17.7. The topological polar surface area (TPSA) is 78.5 Å². The van der Waals surface area contributed by atoms with Crippen LogP contribution in [0, 0.1) is 5.92 Å². The van der Waals surface area contributed by atoms with Crippen LogP contribution < -0.4 is 10.6 Å². The number of benzene rings is 1. The summed E-state index contributed by atoms with van der Waals surface area (Å²) in [6.45, 7) is 3.30. The predicted molar refractivity (Wildman–Crippen MR) is 101 cm³/mol. The third-order valence-electron chi connectivity index (χ3n) is 4.92. The van der Waals surface area contributed by atoms with Crippen molar-refractivity contribution < 1.29 is 13.2 Å². The Kier molecular flexibility index (Phi) is 4.83. The van der Waals surface area contributed by atoms with Gasteiger partial charge in [-0.3, -0.25) is 4.79 Å². The lowest BCUT2D eigenvalue weighted by molar-refractivity contribution is 0.0942. The molecule has 2 aliphatic rings. The number of fused-ring (bicyclic) bond motifs is 1. The molecule has 138 valence electrons. The molecule has 1 fully saturated rings. The minimum absolute atomic E-state index is 0.175. The average Bonchev–Trinajstić information content (AvgIpc) is 3.08. The lowest BCUT2D eigenvalue weighted by Gasteiger charge is -2.27. The van der Waals surface area contributed by atoms with E-state index >= 15 is 0 Å². The van der Waals surface area contributed by atoms with E-state index in [-0.39, 0.29) is 10.8 Å². The number of sulfonamides is 1. The Morgan fingerprint density at radius 1 is 1.31 bits per heavy atom. The molecule has 0 saturated carbocycles. The Morgan fingerprint density at radius 2 is 2.15 bits per heavy atom. The zero-order chi connectivity index (χ0) is 18.1. The van der Waals surface area contributed by atoms with E-state index in [2.05, 4.69) is 10.6 Å². The summed E-state index contributed by atoms with van der Waals surface area (Å²) >= 11 is 1.68. The number of hydrogen-bond acceptors (Lipinski definition) is 5. The van der Waals surface area contributed by atoms with Crippen LogP contribution in [0.1, 0.15) is 20.8 Å². The van der Waals surface area contributed by atoms with Crippen molar-refractivity contribution in [2.45, 2.75) is 17.9 Å². The number of thiophene rings is 1. The van der Waals surface area contributed by atoms with Gasteiger partial charge in [0.15, 0.2) is 0 Å². The van der Waals surface area contributed by atoms with Crippen molar-refractivity contribution in [3.63, 3.8) is 0 Å². The fraction of sp³-hybridized carbons (Fsp3) is 0.389. The largest absolute Gasteiger partial charge is 0.352 e. The van der Waals surface area contributed by atoms with Gasteiger partial charge in [-0.05, 0) is 41.6 Å². The van der Waals surface area contributed by atoms with Gasteiger partial charge in [-0.1, -0.05) is 6.07 Å². The Morgan fingerprint density at radius 3 is 2.92 bits per heavy atom. The summed E-state index contributed by atoms with van der Waals surface area (Å²) in [7, 11) is -3.62. The molecule has 3 heterocycles. The highest BCUT2D eigenvalue weighted by molar-refractivity contribution is 7.89. The molecule has 0 spiro atoms. The molecule has 0 unspecified atom stereocenters. The van der Waals surface area contributed by atoms with Crippen LogP contribution in [0.5, 0.6) is 0 Å². The molecule has 2 aliphatic heterocycles. The van der Waals surface area contributed by atoms with E-state index in [4.69, 9.17) is 0 Å². The van der Waals surface area contributed by atoms with Gasteiger partial charge in [-0.2, -0.15) is 4.31 Å². The van der Waals surface area contributed by atoms with Crippen LogP contribution in [0.15, 0.2) is 40.6 Å². The van der Waals surface area contributed by atoms with Crippen LogP contribution in [-0.2, 0) is 23.0 Å². The van der Waals surface area contributed by atoms with E-state index in [1.54, 1.807) is 29.5 Å². The first-order valence-corrected chi connectivity index (χ1v) is 11.0. The van der Waals surface area contributed by atoms with Crippen LogP contribution in [0.25, 0.3) is 0 Å². The van der Waals surface area contributed by atoms with E-state index in [0.29, 0.717) is 31.1 Å². The average molecular weight is 392 g/mol. The molecule has 8 heteroatoms. The minimum atomic E-state index is -3.62. The van der Waals surface area contributed by atoms with Crippen molar-refractivity contribution in [3.8, 4) is 0 Å². The summed E-state index contributed by atoms with van der Waals surface area (Å²) in [5.74, 6) is 0.228. The van der Waals surface area contributed by atoms with Gasteiger partial charge in [-0.25, -0.2) is 8.42 Å². The summed E-state index contributed by atoms with van der Waals surface area (Å²) in [4.78, 5) is 13.8. The second-order valence-electron chi connectivity index (χ2n) is 6.72. The van der Waals surface area contributed by atoms with Crippen molar-refractivity contribution >= 4 is 27.3 Å². The van der Waals surface area contributed by atoms with Gasteiger partial charge >= 0.3 is 0 Å². The van der Waals surface area contributed by atoms with E-state index in [9.17, 15) is 13.2 Å². The van der Waals surface area contributed by atoms with Crippen molar-refractivity contribution in [1.82, 2.24) is 14.9 Å². The second-order valence-corrected chi connectivity index (χ2v) is 9.66. The molecule has 0 radical (unpaired) electrons. The van der Waals surface area contributed by atoms with Gasteiger partial charge < -0.3 is 10.6 Å². The molecule has 0 atom stereocenters. The number of amides is 1. The fourth-order valence-corrected chi connectivity index (χ4v) is 5.56. The number of carbonyl (C=O) groups is 1. The van der Waals surface area contributed by atoms with Crippen LogP contribution in [0.4, 0.5) is 0 Å². The molecule has 0 aliphatic carbocycles. The Labute approximate surface area is 157 Å². The smallest absolute Gasteiger partial charge is 0.251 e. The van der Waals surface area contributed by atoms with E-state index < -0.39 is 10.0 Å². The van der Waals surface area contributed by atoms with Gasteiger partial charge in [0, 0.05) is 49.1 Å². The van der Waals surface area contributed by atoms with Gasteiger partial charge in [0.2, 0.25) is 10.0 Å². The van der Waals surface area contributed by atoms with Crippen molar-refractivity contribution in [2.75, 3.05) is 26.2 Å². The normalized spacial score (nSPS) is 18.2. The van der Waals surface area contributed by atoms with Crippen LogP contribution in [0.2, 0.25) is 0 Å². The summed E-state index contributed by atoms with van der Waals surface area (Å²) < 4.78 is 27.5. The zero-order valence-electron chi connectivity index (χ0n) is 14.3. The summed E-state index contributed by atoms with van der Waals surface area (Å²) in [6, 6.07) is 8.31. The maximum Gasteiger partial charge on any atom is 0.251 e. The van der Waals surface area contributed by atoms with Crippen molar-refractivity contribution in [1.29, 1.82) is 0 Å². The minimum Gasteiger partial charge on any atom is -0.352 e. The van der Waals surface area contributed by atoms with Crippen LogP contribution >= 0.6 is 11.3 Å². The Hall–Kier alpha value is -1.74. The van der Waals surface area contributed by atoms with Crippen molar-refractivity contribution in [3.05, 3.63) is 51.7 Å². The highest BCUT2D eigenvalue weighted by Crippen LogP contribution is 2.28. The SMILES string of the molecule is O=C(NCC1CNC1)c1cccc(S(=O)(=O)N2CCc3sccc3C2)c1. The maximum atomic E-state index is 13.0. The van der Waals surface area contributed by atoms with Gasteiger partial charge in [0.25, 0.3) is 5.91 Å².